The van der Waals surface area contributed by atoms with E-state index >= 15 is 0 Å². The lowest BCUT2D eigenvalue weighted by Gasteiger charge is -2.30. The highest BCUT2D eigenvalue weighted by Gasteiger charge is 2.37. The molecule has 0 saturated heterocycles. The number of rotatable bonds is 9. The summed E-state index contributed by atoms with van der Waals surface area (Å²) in [4.78, 5) is 8.60. The maximum atomic E-state index is 13.5. The van der Waals surface area contributed by atoms with Crippen LogP contribution in [0.5, 0.6) is 11.5 Å². The van der Waals surface area contributed by atoms with Gasteiger partial charge in [0.1, 0.15) is 28.8 Å². The normalized spacial score (nSPS) is 19.5. The van der Waals surface area contributed by atoms with Gasteiger partial charge in [0, 0.05) is 29.6 Å². The van der Waals surface area contributed by atoms with E-state index < -0.39 is 21.2 Å². The Bertz CT molecular complexity index is 1270. The molecule has 0 amide bonds. The third-order valence-corrected chi connectivity index (χ3v) is 8.61. The monoisotopic (exact) mass is 520 g/mol. The van der Waals surface area contributed by atoms with Gasteiger partial charge in [-0.2, -0.15) is 0 Å². The molecule has 0 unspecified atom stereocenters. The number of aromatic nitrogens is 5. The van der Waals surface area contributed by atoms with E-state index in [0.717, 1.165) is 5.56 Å². The topological polar surface area (TPSA) is 121 Å². The minimum atomic E-state index is -3.91. The van der Waals surface area contributed by atoms with Gasteiger partial charge in [-0.05, 0) is 44.4 Å². The summed E-state index contributed by atoms with van der Waals surface area (Å²) in [6.07, 6.45) is 4.76. The molecule has 2 aromatic heterocycles. The maximum absolute atomic E-state index is 13.5. The van der Waals surface area contributed by atoms with Crippen molar-refractivity contribution in [1.82, 2.24) is 24.7 Å². The van der Waals surface area contributed by atoms with Gasteiger partial charge >= 0.3 is 0 Å². The summed E-state index contributed by atoms with van der Waals surface area (Å²) in [6.45, 7) is 5.27. The Kier molecular flexibility index (Phi) is 7.18. The van der Waals surface area contributed by atoms with Crippen LogP contribution in [0.25, 0.3) is 5.69 Å². The van der Waals surface area contributed by atoms with E-state index in [1.165, 1.54) is 14.2 Å². The summed E-state index contributed by atoms with van der Waals surface area (Å²) < 4.78 is 42.4. The van der Waals surface area contributed by atoms with Crippen molar-refractivity contribution in [3.63, 3.8) is 0 Å². The number of anilines is 1. The van der Waals surface area contributed by atoms with Crippen molar-refractivity contribution < 1.29 is 17.9 Å². The molecule has 2 atom stereocenters. The van der Waals surface area contributed by atoms with Crippen LogP contribution < -0.4 is 14.2 Å². The van der Waals surface area contributed by atoms with Crippen LogP contribution in [0.1, 0.15) is 55.7 Å². The first kappa shape index (κ1) is 25.2. The lowest BCUT2D eigenvalue weighted by Crippen LogP contribution is -2.32. The van der Waals surface area contributed by atoms with Crippen LogP contribution in [0.15, 0.2) is 30.6 Å². The second kappa shape index (κ2) is 9.98. The minimum absolute atomic E-state index is 0.0233. The zero-order valence-electron chi connectivity index (χ0n) is 20.3. The van der Waals surface area contributed by atoms with E-state index in [9.17, 15) is 8.42 Å². The van der Waals surface area contributed by atoms with E-state index in [-0.39, 0.29) is 17.2 Å². The second-order valence-corrected chi connectivity index (χ2v) is 11.4. The van der Waals surface area contributed by atoms with Crippen molar-refractivity contribution in [3.05, 3.63) is 47.8 Å². The molecule has 1 saturated carbocycles. The molecule has 1 aliphatic rings. The molecule has 3 aromatic rings. The number of nitrogens with one attached hydrogen (secondary N) is 1. The van der Waals surface area contributed by atoms with Crippen molar-refractivity contribution in [2.24, 2.45) is 0 Å². The maximum Gasteiger partial charge on any atom is 0.243 e. The Morgan fingerprint density at radius 2 is 1.69 bits per heavy atom. The van der Waals surface area contributed by atoms with E-state index in [1.54, 1.807) is 49.0 Å². The first-order chi connectivity index (χ1) is 16.7. The number of para-hydroxylation sites is 1. The lowest BCUT2D eigenvalue weighted by atomic mass is 9.84. The van der Waals surface area contributed by atoms with Gasteiger partial charge in [-0.15, -0.1) is 21.8 Å². The number of ether oxygens (including phenoxy) is 2. The quantitative estimate of drug-likeness (QED) is 0.423. The molecule has 1 fully saturated rings. The van der Waals surface area contributed by atoms with E-state index in [0.29, 0.717) is 41.7 Å². The Labute approximate surface area is 210 Å². The first-order valence-electron chi connectivity index (χ1n) is 11.3. The first-order valence-corrected chi connectivity index (χ1v) is 13.3. The smallest absolute Gasteiger partial charge is 0.243 e. The zero-order chi connectivity index (χ0) is 25.3. The molecule has 188 valence electrons. The number of aryl methyl sites for hydroxylation is 1. The number of benzene rings is 1. The number of hydrogen-bond donors (Lipinski definition) is 1. The average Bonchev–Trinajstić information content (AvgIpc) is 3.22. The number of alkyl halides is 1. The fourth-order valence-electron chi connectivity index (χ4n) is 4.00. The molecule has 2 heterocycles. The highest BCUT2D eigenvalue weighted by molar-refractivity contribution is 7.93. The average molecular weight is 521 g/mol. The van der Waals surface area contributed by atoms with Gasteiger partial charge in [0.05, 0.1) is 19.5 Å². The minimum Gasteiger partial charge on any atom is -0.494 e. The lowest BCUT2D eigenvalue weighted by molar-refractivity contribution is 0.382. The van der Waals surface area contributed by atoms with Gasteiger partial charge < -0.3 is 9.47 Å². The Morgan fingerprint density at radius 3 is 2.23 bits per heavy atom. The molecular formula is C23H29ClN6O4S. The number of nitrogens with zero attached hydrogens (tertiary/aromatic N) is 5. The third-order valence-electron chi connectivity index (χ3n) is 6.39. The fraction of sp³-hybridized carbons (Fsp3) is 0.478. The van der Waals surface area contributed by atoms with Gasteiger partial charge in [-0.3, -0.25) is 9.29 Å². The molecule has 1 aliphatic carbocycles. The standard InChI is InChI=1S/C23H29ClN6O4S/c1-13-11-25-21(26-12-13)14(2)15(3)35(31,32)29-23-28-27-22(16-9-17(24)10-16)30(23)20-18(33-4)7-6-8-19(20)34-5/h6-8,11-12,14-17H,9-10H2,1-5H3,(H,28,29)/t14-,15-,16-,17-/m0/s1. The van der Waals surface area contributed by atoms with Crippen LogP contribution in [-0.2, 0) is 10.0 Å². The van der Waals surface area contributed by atoms with Crippen molar-refractivity contribution in [1.29, 1.82) is 0 Å². The zero-order valence-corrected chi connectivity index (χ0v) is 21.8. The van der Waals surface area contributed by atoms with Crippen LogP contribution in [0.2, 0.25) is 0 Å². The van der Waals surface area contributed by atoms with Crippen molar-refractivity contribution in [3.8, 4) is 17.2 Å². The van der Waals surface area contributed by atoms with Crippen molar-refractivity contribution >= 4 is 27.6 Å². The van der Waals surface area contributed by atoms with E-state index in [4.69, 9.17) is 21.1 Å². The van der Waals surface area contributed by atoms with Gasteiger partial charge in [0.25, 0.3) is 0 Å². The van der Waals surface area contributed by atoms with Gasteiger partial charge in [-0.1, -0.05) is 13.0 Å². The molecular weight excluding hydrogens is 492 g/mol. The SMILES string of the molecule is COc1cccc(OC)c1-n1c(NS(=O)(=O)[C@@H](C)[C@H](C)c2ncc(C)cn2)nnc1[C@H]1C[C@H](Cl)C1. The molecule has 0 bridgehead atoms. The van der Waals surface area contributed by atoms with Crippen molar-refractivity contribution in [2.75, 3.05) is 18.9 Å². The highest BCUT2D eigenvalue weighted by atomic mass is 35.5. The summed E-state index contributed by atoms with van der Waals surface area (Å²) in [6, 6.07) is 5.33. The molecule has 1 N–H and O–H groups in total. The molecule has 0 spiro atoms. The molecule has 1 aromatic carbocycles. The Morgan fingerprint density at radius 1 is 1.09 bits per heavy atom. The summed E-state index contributed by atoms with van der Waals surface area (Å²) >= 11 is 6.24. The van der Waals surface area contributed by atoms with Crippen LogP contribution in [0, 0.1) is 6.92 Å². The largest absolute Gasteiger partial charge is 0.494 e. The molecule has 35 heavy (non-hydrogen) atoms. The van der Waals surface area contributed by atoms with Crippen LogP contribution in [0.4, 0.5) is 5.95 Å². The molecule has 4 rings (SSSR count). The Hall–Kier alpha value is -2.92. The summed E-state index contributed by atoms with van der Waals surface area (Å²) in [5.74, 6) is 1.62. The summed E-state index contributed by atoms with van der Waals surface area (Å²) in [5.41, 5.74) is 1.41. The highest BCUT2D eigenvalue weighted by Crippen LogP contribution is 2.43. The number of sulfonamides is 1. The molecule has 12 heteroatoms. The van der Waals surface area contributed by atoms with Crippen molar-refractivity contribution in [2.45, 2.75) is 56.1 Å². The van der Waals surface area contributed by atoms with Gasteiger partial charge in [-0.25, -0.2) is 18.4 Å². The number of halogens is 1. The fourth-order valence-corrected chi connectivity index (χ4v) is 5.66. The number of hydrogen-bond acceptors (Lipinski definition) is 8. The van der Waals surface area contributed by atoms with Crippen LogP contribution in [0.3, 0.4) is 0 Å². The predicted octanol–water partition coefficient (Wildman–Crippen LogP) is 3.80. The van der Waals surface area contributed by atoms with Gasteiger partial charge in [0.2, 0.25) is 16.0 Å². The van der Waals surface area contributed by atoms with Crippen LogP contribution in [-0.4, -0.2) is 58.0 Å². The third kappa shape index (κ3) is 4.92. The van der Waals surface area contributed by atoms with Crippen LogP contribution >= 0.6 is 11.6 Å². The van der Waals surface area contributed by atoms with Gasteiger partial charge in [0.15, 0.2) is 0 Å². The molecule has 0 aliphatic heterocycles. The molecule has 0 radical (unpaired) electrons. The molecule has 10 nitrogen and oxygen atoms in total. The van der Waals surface area contributed by atoms with E-state index in [2.05, 4.69) is 24.9 Å². The summed E-state index contributed by atoms with van der Waals surface area (Å²) in [7, 11) is -0.839. The second-order valence-electron chi connectivity index (χ2n) is 8.75. The Balaban J connectivity index is 1.75. The number of methoxy groups -OCH3 is 2. The van der Waals surface area contributed by atoms with E-state index in [1.807, 2.05) is 6.92 Å². The summed E-state index contributed by atoms with van der Waals surface area (Å²) in [5, 5.41) is 7.76. The predicted molar refractivity (Wildman–Crippen MR) is 133 cm³/mol.